The van der Waals surface area contributed by atoms with E-state index in [0.29, 0.717) is 44.3 Å². The predicted octanol–water partition coefficient (Wildman–Crippen LogP) is 3.35. The minimum Gasteiger partial charge on any atom is -0.446 e. The Morgan fingerprint density at radius 1 is 1.15 bits per heavy atom. The van der Waals surface area contributed by atoms with Gasteiger partial charge in [0.15, 0.2) is 0 Å². The molecule has 0 bridgehead atoms. The van der Waals surface area contributed by atoms with E-state index in [1.165, 1.54) is 24.3 Å². The Kier molecular flexibility index (Phi) is 4.72. The van der Waals surface area contributed by atoms with Crippen LogP contribution in [-0.2, 0) is 9.53 Å². The molecule has 3 rings (SSSR count). The van der Waals surface area contributed by atoms with Crippen molar-refractivity contribution in [1.29, 1.82) is 0 Å². The molecule has 1 saturated carbocycles. The number of hydrogen-bond acceptors (Lipinski definition) is 4. The van der Waals surface area contributed by atoms with Crippen LogP contribution in [0.2, 0.25) is 0 Å². The zero-order valence-electron chi connectivity index (χ0n) is 13.9. The van der Waals surface area contributed by atoms with E-state index >= 15 is 0 Å². The summed E-state index contributed by atoms with van der Waals surface area (Å²) in [5, 5.41) is 0. The van der Waals surface area contributed by atoms with Crippen LogP contribution < -0.4 is 15.4 Å². The highest BCUT2D eigenvalue weighted by Crippen LogP contribution is 2.46. The molecule has 2 aliphatic rings. The largest absolute Gasteiger partial charge is 0.573 e. The standard InChI is InChI=1S/C17H19F3N2O4/c18-17(19,20)26-13-3-1-11(2-4-13)22-10-9-16(14(22)23)7-5-12(6-8-16)25-15(21)24/h1-4,12H,5-10H2,(H2,21,24). The molecular weight excluding hydrogens is 353 g/mol. The van der Waals surface area contributed by atoms with E-state index in [9.17, 15) is 22.8 Å². The molecule has 6 nitrogen and oxygen atoms in total. The number of carbonyl (C=O) groups excluding carboxylic acids is 2. The number of primary amides is 1. The highest BCUT2D eigenvalue weighted by molar-refractivity contribution is 6.00. The first-order valence-corrected chi connectivity index (χ1v) is 8.32. The average Bonchev–Trinajstić information content (AvgIpc) is 2.86. The minimum absolute atomic E-state index is 0.0421. The predicted molar refractivity (Wildman–Crippen MR) is 85.5 cm³/mol. The smallest absolute Gasteiger partial charge is 0.446 e. The molecule has 1 saturated heterocycles. The maximum atomic E-state index is 12.9. The Bertz CT molecular complexity index is 682. The molecule has 0 aromatic heterocycles. The zero-order chi connectivity index (χ0) is 18.9. The van der Waals surface area contributed by atoms with Gasteiger partial charge in [-0.25, -0.2) is 4.79 Å². The lowest BCUT2D eigenvalue weighted by Crippen LogP contribution is -2.39. The number of nitrogens with two attached hydrogens (primary N) is 1. The summed E-state index contributed by atoms with van der Waals surface area (Å²) in [7, 11) is 0. The number of benzene rings is 1. The molecule has 2 fully saturated rings. The number of anilines is 1. The van der Waals surface area contributed by atoms with Crippen LogP contribution in [-0.4, -0.2) is 31.0 Å². The second-order valence-electron chi connectivity index (χ2n) is 6.67. The number of hydrogen-bond donors (Lipinski definition) is 1. The quantitative estimate of drug-likeness (QED) is 0.882. The second-order valence-corrected chi connectivity index (χ2v) is 6.67. The van der Waals surface area contributed by atoms with Crippen LogP contribution in [0.4, 0.5) is 23.7 Å². The van der Waals surface area contributed by atoms with E-state index < -0.39 is 17.9 Å². The van der Waals surface area contributed by atoms with Gasteiger partial charge in [0.1, 0.15) is 11.9 Å². The fraction of sp³-hybridized carbons (Fsp3) is 0.529. The summed E-state index contributed by atoms with van der Waals surface area (Å²) in [5.74, 6) is -0.369. The molecule has 0 unspecified atom stereocenters. The van der Waals surface area contributed by atoms with Gasteiger partial charge in [-0.15, -0.1) is 13.2 Å². The molecule has 1 aromatic rings. The third kappa shape index (κ3) is 3.86. The number of halogens is 3. The van der Waals surface area contributed by atoms with Crippen LogP contribution >= 0.6 is 0 Å². The molecule has 2 N–H and O–H groups in total. The van der Waals surface area contributed by atoms with Gasteiger partial charge in [-0.05, 0) is 56.4 Å². The topological polar surface area (TPSA) is 81.9 Å². The third-order valence-corrected chi connectivity index (χ3v) is 5.07. The second kappa shape index (κ2) is 6.69. The molecule has 0 atom stereocenters. The SMILES string of the molecule is NC(=O)OC1CCC2(CC1)CCN(c1ccc(OC(F)(F)F)cc1)C2=O. The lowest BCUT2D eigenvalue weighted by molar-refractivity contribution is -0.274. The summed E-state index contributed by atoms with van der Waals surface area (Å²) in [6, 6.07) is 5.27. The number of amides is 2. The van der Waals surface area contributed by atoms with Crippen molar-refractivity contribution >= 4 is 17.7 Å². The Morgan fingerprint density at radius 3 is 2.31 bits per heavy atom. The van der Waals surface area contributed by atoms with Crippen molar-refractivity contribution in [1.82, 2.24) is 0 Å². The number of ether oxygens (including phenoxy) is 2. The Labute approximate surface area is 148 Å². The number of alkyl halides is 3. The zero-order valence-corrected chi connectivity index (χ0v) is 13.9. The summed E-state index contributed by atoms with van der Waals surface area (Å²) in [5.41, 5.74) is 5.06. The fourth-order valence-electron chi connectivity index (χ4n) is 3.78. The van der Waals surface area contributed by atoms with Gasteiger partial charge in [-0.3, -0.25) is 4.79 Å². The molecule has 26 heavy (non-hydrogen) atoms. The summed E-state index contributed by atoms with van der Waals surface area (Å²) >= 11 is 0. The van der Waals surface area contributed by atoms with Crippen molar-refractivity contribution in [3.8, 4) is 5.75 Å². The molecular formula is C17H19F3N2O4. The van der Waals surface area contributed by atoms with Crippen LogP contribution in [0.15, 0.2) is 24.3 Å². The summed E-state index contributed by atoms with van der Waals surface area (Å²) < 4.78 is 45.5. The van der Waals surface area contributed by atoms with Crippen molar-refractivity contribution in [2.24, 2.45) is 11.1 Å². The number of rotatable bonds is 3. The molecule has 1 aromatic carbocycles. The first-order valence-electron chi connectivity index (χ1n) is 8.32. The summed E-state index contributed by atoms with van der Waals surface area (Å²) in [6.07, 6.45) is -2.84. The van der Waals surface area contributed by atoms with Crippen molar-refractivity contribution in [2.45, 2.75) is 44.6 Å². The van der Waals surface area contributed by atoms with E-state index in [0.717, 1.165) is 0 Å². The van der Waals surface area contributed by atoms with Gasteiger partial charge in [0.05, 0.1) is 5.41 Å². The van der Waals surface area contributed by atoms with Crippen LogP contribution in [0.3, 0.4) is 0 Å². The molecule has 2 amide bonds. The first kappa shape index (κ1) is 18.3. The van der Waals surface area contributed by atoms with E-state index in [4.69, 9.17) is 10.5 Å². The highest BCUT2D eigenvalue weighted by atomic mass is 19.4. The highest BCUT2D eigenvalue weighted by Gasteiger charge is 2.49. The van der Waals surface area contributed by atoms with Gasteiger partial charge in [0.25, 0.3) is 0 Å². The first-order chi connectivity index (χ1) is 12.2. The summed E-state index contributed by atoms with van der Waals surface area (Å²) in [6.45, 7) is 0.500. The lowest BCUT2D eigenvalue weighted by atomic mass is 9.72. The maximum Gasteiger partial charge on any atom is 0.573 e. The number of nitrogens with zero attached hydrogens (tertiary/aromatic N) is 1. The van der Waals surface area contributed by atoms with E-state index in [1.54, 1.807) is 4.90 Å². The van der Waals surface area contributed by atoms with Gasteiger partial charge >= 0.3 is 12.5 Å². The van der Waals surface area contributed by atoms with Crippen LogP contribution in [0.1, 0.15) is 32.1 Å². The van der Waals surface area contributed by atoms with Gasteiger partial charge in [0.2, 0.25) is 5.91 Å². The van der Waals surface area contributed by atoms with Crippen molar-refractivity contribution < 1.29 is 32.2 Å². The molecule has 9 heteroatoms. The number of carbonyl (C=O) groups is 2. The fourth-order valence-corrected chi connectivity index (χ4v) is 3.78. The molecule has 1 aliphatic carbocycles. The van der Waals surface area contributed by atoms with Gasteiger partial charge in [-0.1, -0.05) is 0 Å². The molecule has 1 spiro atoms. The lowest BCUT2D eigenvalue weighted by Gasteiger charge is -2.35. The van der Waals surface area contributed by atoms with Gasteiger partial charge in [-0.2, -0.15) is 0 Å². The van der Waals surface area contributed by atoms with Crippen LogP contribution in [0.5, 0.6) is 5.75 Å². The van der Waals surface area contributed by atoms with Crippen molar-refractivity contribution in [2.75, 3.05) is 11.4 Å². The summed E-state index contributed by atoms with van der Waals surface area (Å²) in [4.78, 5) is 25.3. The van der Waals surface area contributed by atoms with Gasteiger partial charge in [0, 0.05) is 12.2 Å². The van der Waals surface area contributed by atoms with E-state index in [-0.39, 0.29) is 17.8 Å². The maximum absolute atomic E-state index is 12.9. The van der Waals surface area contributed by atoms with E-state index in [2.05, 4.69) is 4.74 Å². The van der Waals surface area contributed by atoms with Crippen LogP contribution in [0, 0.1) is 5.41 Å². The molecule has 1 aliphatic heterocycles. The van der Waals surface area contributed by atoms with E-state index in [1.807, 2.05) is 0 Å². The van der Waals surface area contributed by atoms with Gasteiger partial charge < -0.3 is 20.1 Å². The molecule has 1 heterocycles. The van der Waals surface area contributed by atoms with Crippen molar-refractivity contribution in [3.05, 3.63) is 24.3 Å². The monoisotopic (exact) mass is 372 g/mol. The third-order valence-electron chi connectivity index (χ3n) is 5.07. The minimum atomic E-state index is -4.75. The Balaban J connectivity index is 1.65. The van der Waals surface area contributed by atoms with Crippen molar-refractivity contribution in [3.63, 3.8) is 0 Å². The van der Waals surface area contributed by atoms with Crippen LogP contribution in [0.25, 0.3) is 0 Å². The average molecular weight is 372 g/mol. The molecule has 0 radical (unpaired) electrons. The Morgan fingerprint density at radius 2 is 1.77 bits per heavy atom. The Hall–Kier alpha value is -2.45. The molecule has 142 valence electrons. The normalized spacial score (nSPS) is 26.2.